The zero-order valence-corrected chi connectivity index (χ0v) is 18.3. The summed E-state index contributed by atoms with van der Waals surface area (Å²) >= 11 is 2.99. The topological polar surface area (TPSA) is 92.0 Å². The predicted molar refractivity (Wildman–Crippen MR) is 119 cm³/mol. The molecule has 160 valence electrons. The third-order valence-corrected chi connectivity index (χ3v) is 8.26. The second-order valence-electron chi connectivity index (χ2n) is 8.16. The fraction of sp³-hybridized carbons (Fsp3) is 0.400. The highest BCUT2D eigenvalue weighted by atomic mass is 32.1. The van der Waals surface area contributed by atoms with Crippen LogP contribution in [0, 0.1) is 5.82 Å². The summed E-state index contributed by atoms with van der Waals surface area (Å²) in [6.07, 6.45) is 8.73. The highest BCUT2D eigenvalue weighted by Crippen LogP contribution is 2.40. The van der Waals surface area contributed by atoms with Crippen LogP contribution >= 0.6 is 22.7 Å². The fourth-order valence-electron chi connectivity index (χ4n) is 4.56. The molecule has 3 atom stereocenters. The molecule has 2 fully saturated rings. The van der Waals surface area contributed by atoms with Gasteiger partial charge in [0.25, 0.3) is 0 Å². The minimum Gasteiger partial charge on any atom is -0.505 e. The molecule has 0 aromatic carbocycles. The molecule has 2 aliphatic heterocycles. The number of hydrogen-bond acceptors (Lipinski definition) is 9. The number of pyridine rings is 1. The molecule has 8 nitrogen and oxygen atoms in total. The summed E-state index contributed by atoms with van der Waals surface area (Å²) in [4.78, 5) is 17.8. The molecular formula is C20H20FN7OS2. The molecule has 0 aliphatic carbocycles. The van der Waals surface area contributed by atoms with Gasteiger partial charge in [-0.1, -0.05) is 22.7 Å². The Bertz CT molecular complexity index is 1220. The van der Waals surface area contributed by atoms with Crippen LogP contribution in [0.4, 0.5) is 9.52 Å². The molecule has 31 heavy (non-hydrogen) atoms. The van der Waals surface area contributed by atoms with Gasteiger partial charge in [0.05, 0.1) is 24.3 Å². The summed E-state index contributed by atoms with van der Waals surface area (Å²) in [7, 11) is 2.13. The number of thiazole rings is 2. The van der Waals surface area contributed by atoms with Crippen LogP contribution in [0.3, 0.4) is 0 Å². The quantitative estimate of drug-likeness (QED) is 0.484. The van der Waals surface area contributed by atoms with E-state index in [1.54, 1.807) is 11.3 Å². The fourth-order valence-corrected chi connectivity index (χ4v) is 6.64. The summed E-state index contributed by atoms with van der Waals surface area (Å²) in [5.74, 6) is -0.481. The molecule has 2 saturated heterocycles. The van der Waals surface area contributed by atoms with E-state index in [4.69, 9.17) is 4.98 Å². The Morgan fingerprint density at radius 2 is 1.94 bits per heavy atom. The van der Waals surface area contributed by atoms with Gasteiger partial charge in [-0.15, -0.1) is 0 Å². The van der Waals surface area contributed by atoms with Crippen molar-refractivity contribution in [1.29, 1.82) is 0 Å². The van der Waals surface area contributed by atoms with Crippen LogP contribution in [0.1, 0.15) is 25.7 Å². The lowest BCUT2D eigenvalue weighted by molar-refractivity contribution is 0.354. The van der Waals surface area contributed by atoms with E-state index in [2.05, 4.69) is 32.3 Å². The minimum atomic E-state index is -0.451. The van der Waals surface area contributed by atoms with Gasteiger partial charge in [0.1, 0.15) is 16.5 Å². The first-order valence-electron chi connectivity index (χ1n) is 10.2. The van der Waals surface area contributed by atoms with Gasteiger partial charge in [-0.3, -0.25) is 0 Å². The van der Waals surface area contributed by atoms with Crippen molar-refractivity contribution in [2.75, 3.05) is 11.9 Å². The van der Waals surface area contributed by atoms with Crippen molar-refractivity contribution in [3.05, 3.63) is 30.5 Å². The van der Waals surface area contributed by atoms with Crippen LogP contribution in [0.5, 0.6) is 5.75 Å². The summed E-state index contributed by atoms with van der Waals surface area (Å²) in [5, 5.41) is 19.7. The number of aromatic hydroxyl groups is 1. The number of aromatic nitrogens is 5. The van der Waals surface area contributed by atoms with Gasteiger partial charge in [-0.05, 0) is 25.7 Å². The second-order valence-corrected chi connectivity index (χ2v) is 10.1. The Labute approximate surface area is 185 Å². The molecule has 2 bridgehead atoms. The van der Waals surface area contributed by atoms with Crippen LogP contribution in [-0.4, -0.2) is 55.0 Å². The molecule has 6 heterocycles. The number of anilines is 1. The standard InChI is InChI=1S/C20H20FN7OS2/c1-27(13-4-11-2-3-12(5-13)24-11)20-26-19-18(31-20)25-17(30-19)16-15(29)6-14(8-22-16)28-9-10(21)7-23-28/h6-9,11-13,24,29H,2-5H2,1H3/t11-,12+,13-. The van der Waals surface area contributed by atoms with Gasteiger partial charge in [0.2, 0.25) is 0 Å². The normalized spacial score (nSPS) is 23.0. The van der Waals surface area contributed by atoms with Crippen molar-refractivity contribution in [3.63, 3.8) is 0 Å². The lowest BCUT2D eigenvalue weighted by Gasteiger charge is -2.35. The molecule has 0 saturated carbocycles. The lowest BCUT2D eigenvalue weighted by Crippen LogP contribution is -2.47. The van der Waals surface area contributed by atoms with Crippen LogP contribution < -0.4 is 10.2 Å². The van der Waals surface area contributed by atoms with Crippen LogP contribution in [0.25, 0.3) is 26.0 Å². The lowest BCUT2D eigenvalue weighted by atomic mass is 9.99. The molecule has 0 amide bonds. The second kappa shape index (κ2) is 7.21. The van der Waals surface area contributed by atoms with E-state index >= 15 is 0 Å². The minimum absolute atomic E-state index is 0.0302. The van der Waals surface area contributed by atoms with Gasteiger partial charge in [0.15, 0.2) is 20.6 Å². The van der Waals surface area contributed by atoms with Crippen molar-refractivity contribution in [1.82, 2.24) is 30.0 Å². The molecule has 2 N–H and O–H groups in total. The number of halogens is 1. The molecule has 4 aromatic rings. The molecule has 0 radical (unpaired) electrons. The van der Waals surface area contributed by atoms with E-state index in [9.17, 15) is 9.50 Å². The maximum Gasteiger partial charge on any atom is 0.188 e. The summed E-state index contributed by atoms with van der Waals surface area (Å²) < 4.78 is 14.5. The Balaban J connectivity index is 1.25. The first kappa shape index (κ1) is 19.1. The van der Waals surface area contributed by atoms with Crippen molar-refractivity contribution in [2.24, 2.45) is 0 Å². The van der Waals surface area contributed by atoms with Crippen LogP contribution in [0.2, 0.25) is 0 Å². The van der Waals surface area contributed by atoms with Gasteiger partial charge in [-0.2, -0.15) is 5.10 Å². The average Bonchev–Trinajstić information content (AvgIpc) is 3.51. The molecule has 11 heteroatoms. The van der Waals surface area contributed by atoms with Gasteiger partial charge in [-0.25, -0.2) is 24.0 Å². The van der Waals surface area contributed by atoms with Gasteiger partial charge >= 0.3 is 0 Å². The molecule has 6 rings (SSSR count). The van der Waals surface area contributed by atoms with E-state index in [1.165, 1.54) is 47.3 Å². The first-order chi connectivity index (χ1) is 15.0. The third kappa shape index (κ3) is 3.36. The van der Waals surface area contributed by atoms with E-state index in [0.717, 1.165) is 33.8 Å². The highest BCUT2D eigenvalue weighted by molar-refractivity contribution is 7.29. The number of fused-ring (bicyclic) bond motifs is 3. The molecular weight excluding hydrogens is 437 g/mol. The third-order valence-electron chi connectivity index (χ3n) is 6.13. The number of rotatable bonds is 4. The Morgan fingerprint density at radius 3 is 2.61 bits per heavy atom. The van der Waals surface area contributed by atoms with E-state index in [-0.39, 0.29) is 5.75 Å². The molecule has 0 unspecified atom stereocenters. The van der Waals surface area contributed by atoms with Crippen molar-refractivity contribution < 1.29 is 9.50 Å². The zero-order valence-electron chi connectivity index (χ0n) is 16.7. The molecule has 0 spiro atoms. The summed E-state index contributed by atoms with van der Waals surface area (Å²) in [6, 6.07) is 3.27. The first-order valence-corrected chi connectivity index (χ1v) is 11.8. The van der Waals surface area contributed by atoms with E-state index < -0.39 is 5.82 Å². The van der Waals surface area contributed by atoms with Gasteiger partial charge < -0.3 is 15.3 Å². The maximum absolute atomic E-state index is 13.2. The van der Waals surface area contributed by atoms with Crippen molar-refractivity contribution in [2.45, 2.75) is 43.8 Å². The Hall–Kier alpha value is -2.63. The zero-order chi connectivity index (χ0) is 21.1. The highest BCUT2D eigenvalue weighted by Gasteiger charge is 2.36. The number of hydrogen-bond donors (Lipinski definition) is 2. The monoisotopic (exact) mass is 457 g/mol. The van der Waals surface area contributed by atoms with Gasteiger partial charge in [0, 0.05) is 31.2 Å². The Kier molecular flexibility index (Phi) is 4.44. The number of nitrogens with zero attached hydrogens (tertiary/aromatic N) is 6. The average molecular weight is 458 g/mol. The SMILES string of the molecule is CN(c1nc2sc(-c3ncc(-n4cc(F)cn4)cc3O)nc2s1)[C@@H]1C[C@H]2CC[C@@H](C1)N2. The van der Waals surface area contributed by atoms with Crippen LogP contribution in [-0.2, 0) is 0 Å². The molecule has 4 aromatic heterocycles. The van der Waals surface area contributed by atoms with E-state index in [1.807, 2.05) is 0 Å². The van der Waals surface area contributed by atoms with Crippen molar-refractivity contribution >= 4 is 37.5 Å². The number of piperidine rings is 1. The number of nitrogens with one attached hydrogen (secondary N) is 1. The maximum atomic E-state index is 13.2. The largest absolute Gasteiger partial charge is 0.505 e. The Morgan fingerprint density at radius 1 is 1.16 bits per heavy atom. The smallest absolute Gasteiger partial charge is 0.188 e. The summed E-state index contributed by atoms with van der Waals surface area (Å²) in [5.41, 5.74) is 0.859. The molecule has 2 aliphatic rings. The van der Waals surface area contributed by atoms with Crippen LogP contribution in [0.15, 0.2) is 24.7 Å². The predicted octanol–water partition coefficient (Wildman–Crippen LogP) is 3.56. The van der Waals surface area contributed by atoms with E-state index in [0.29, 0.717) is 34.5 Å². The summed E-state index contributed by atoms with van der Waals surface area (Å²) in [6.45, 7) is 0. The van der Waals surface area contributed by atoms with Crippen molar-refractivity contribution in [3.8, 4) is 22.1 Å².